The van der Waals surface area contributed by atoms with Crippen LogP contribution in [-0.2, 0) is 0 Å². The van der Waals surface area contributed by atoms with Gasteiger partial charge in [0.05, 0.1) is 11.1 Å². The number of carbonyl (C=O) groups is 1. The average Bonchev–Trinajstić information content (AvgIpc) is 2.84. The zero-order valence-electron chi connectivity index (χ0n) is 12.2. The van der Waals surface area contributed by atoms with Crippen LogP contribution in [0.5, 0.6) is 0 Å². The van der Waals surface area contributed by atoms with Gasteiger partial charge in [0.1, 0.15) is 17.3 Å². The van der Waals surface area contributed by atoms with Gasteiger partial charge in [0.25, 0.3) is 5.91 Å². The number of benzene rings is 2. The van der Waals surface area contributed by atoms with Gasteiger partial charge >= 0.3 is 0 Å². The molecule has 1 amide bonds. The van der Waals surface area contributed by atoms with Crippen LogP contribution in [0.3, 0.4) is 0 Å². The largest absolute Gasteiger partial charge is 0.349 e. The lowest BCUT2D eigenvalue weighted by Gasteiger charge is -2.14. The Hall–Kier alpha value is -2.40. The lowest BCUT2D eigenvalue weighted by atomic mass is 10.1. The predicted octanol–water partition coefficient (Wildman–Crippen LogP) is 4.59. The van der Waals surface area contributed by atoms with Gasteiger partial charge in [0.15, 0.2) is 0 Å². The summed E-state index contributed by atoms with van der Waals surface area (Å²) in [5, 5.41) is 3.34. The van der Waals surface area contributed by atoms with Crippen molar-refractivity contribution >= 4 is 28.4 Å². The molecule has 3 rings (SSSR count). The summed E-state index contributed by atoms with van der Waals surface area (Å²) in [5.41, 5.74) is 1.35. The minimum Gasteiger partial charge on any atom is -0.349 e. The molecule has 0 bridgehead atoms. The molecule has 0 aliphatic carbocycles. The molecule has 0 spiro atoms. The van der Waals surface area contributed by atoms with Crippen LogP contribution in [0.4, 0.5) is 8.78 Å². The van der Waals surface area contributed by atoms with Gasteiger partial charge < -0.3 is 10.3 Å². The summed E-state index contributed by atoms with van der Waals surface area (Å²) < 4.78 is 26.5. The van der Waals surface area contributed by atoms with Crippen LogP contribution in [0.2, 0.25) is 5.02 Å². The number of carbonyl (C=O) groups excluding carboxylic acids is 1. The lowest BCUT2D eigenvalue weighted by Crippen LogP contribution is -2.27. The van der Waals surface area contributed by atoms with E-state index < -0.39 is 17.8 Å². The van der Waals surface area contributed by atoms with E-state index in [9.17, 15) is 13.6 Å². The molecule has 3 aromatic rings. The van der Waals surface area contributed by atoms with Crippen LogP contribution in [0.15, 0.2) is 42.5 Å². The number of H-pyrrole nitrogens is 1. The van der Waals surface area contributed by atoms with Crippen molar-refractivity contribution in [1.29, 1.82) is 0 Å². The maximum atomic E-state index is 13.3. The molecule has 0 saturated carbocycles. The number of fused-ring (bicyclic) bond motifs is 1. The van der Waals surface area contributed by atoms with E-state index in [-0.39, 0.29) is 16.5 Å². The summed E-state index contributed by atoms with van der Waals surface area (Å²) in [6, 6.07) is 9.64. The van der Waals surface area contributed by atoms with Gasteiger partial charge in [0.2, 0.25) is 0 Å². The fraction of sp³-hybridized carbons (Fsp3) is 0.118. The smallest absolute Gasteiger partial charge is 0.269 e. The lowest BCUT2D eigenvalue weighted by molar-refractivity contribution is 0.0935. The van der Waals surface area contributed by atoms with Crippen molar-refractivity contribution in [2.24, 2.45) is 0 Å². The second-order valence-corrected chi connectivity index (χ2v) is 5.63. The summed E-state index contributed by atoms with van der Waals surface area (Å²) in [5.74, 6) is -1.25. The third-order valence-corrected chi connectivity index (χ3v) is 4.01. The van der Waals surface area contributed by atoms with Crippen LogP contribution < -0.4 is 5.32 Å². The first-order valence-corrected chi connectivity index (χ1v) is 7.36. The predicted molar refractivity (Wildman–Crippen MR) is 85.5 cm³/mol. The van der Waals surface area contributed by atoms with Gasteiger partial charge in [-0.15, -0.1) is 0 Å². The third-order valence-electron chi connectivity index (χ3n) is 3.62. The van der Waals surface area contributed by atoms with Crippen molar-refractivity contribution in [1.82, 2.24) is 10.3 Å². The average molecular weight is 335 g/mol. The van der Waals surface area contributed by atoms with Crippen molar-refractivity contribution in [2.45, 2.75) is 13.0 Å². The Morgan fingerprint density at radius 1 is 1.17 bits per heavy atom. The molecule has 118 valence electrons. The summed E-state index contributed by atoms with van der Waals surface area (Å²) >= 11 is 6.16. The number of nitrogens with one attached hydrogen (secondary N) is 2. The minimum atomic E-state index is -0.441. The second kappa shape index (κ2) is 6.01. The number of amides is 1. The highest BCUT2D eigenvalue weighted by Crippen LogP contribution is 2.28. The molecule has 1 atom stereocenters. The van der Waals surface area contributed by atoms with Gasteiger partial charge in [-0.1, -0.05) is 23.7 Å². The van der Waals surface area contributed by atoms with Gasteiger partial charge in [0, 0.05) is 10.9 Å². The maximum absolute atomic E-state index is 13.3. The molecule has 0 aliphatic rings. The first-order chi connectivity index (χ1) is 11.0. The number of aromatic nitrogens is 1. The van der Waals surface area contributed by atoms with Gasteiger partial charge in [-0.2, -0.15) is 0 Å². The number of hydrogen-bond acceptors (Lipinski definition) is 1. The van der Waals surface area contributed by atoms with E-state index in [0.29, 0.717) is 16.5 Å². The Labute approximate surface area is 136 Å². The standard InChI is InChI=1S/C17H13ClF2N2O/c1-9(10-3-2-4-11(19)7-10)21-17(23)16-15(18)13-8-12(20)5-6-14(13)22-16/h2-9,22H,1H3,(H,21,23)/t9-/m0/s1. The highest BCUT2D eigenvalue weighted by molar-refractivity contribution is 6.38. The highest BCUT2D eigenvalue weighted by Gasteiger charge is 2.19. The van der Waals surface area contributed by atoms with E-state index in [1.165, 1.54) is 30.3 Å². The molecule has 0 radical (unpaired) electrons. The van der Waals surface area contributed by atoms with E-state index >= 15 is 0 Å². The van der Waals surface area contributed by atoms with Crippen molar-refractivity contribution in [3.8, 4) is 0 Å². The molecule has 1 heterocycles. The Kier molecular flexibility index (Phi) is 4.05. The van der Waals surface area contributed by atoms with E-state index in [0.717, 1.165) is 0 Å². The molecule has 23 heavy (non-hydrogen) atoms. The van der Waals surface area contributed by atoms with Crippen LogP contribution in [-0.4, -0.2) is 10.9 Å². The SMILES string of the molecule is C[C@H](NC(=O)c1[nH]c2ccc(F)cc2c1Cl)c1cccc(F)c1. The number of rotatable bonds is 3. The summed E-state index contributed by atoms with van der Waals surface area (Å²) in [6.45, 7) is 1.74. The Bertz CT molecular complexity index is 891. The molecule has 2 N–H and O–H groups in total. The summed E-state index contributed by atoms with van der Waals surface area (Å²) in [7, 11) is 0. The van der Waals surface area contributed by atoms with E-state index in [1.807, 2.05) is 0 Å². The van der Waals surface area contributed by atoms with Gasteiger partial charge in [-0.3, -0.25) is 4.79 Å². The highest BCUT2D eigenvalue weighted by atomic mass is 35.5. The monoisotopic (exact) mass is 334 g/mol. The molecule has 6 heteroatoms. The van der Waals surface area contributed by atoms with Crippen LogP contribution in [0.1, 0.15) is 29.0 Å². The number of aromatic amines is 1. The van der Waals surface area contributed by atoms with Crippen LogP contribution in [0.25, 0.3) is 10.9 Å². The molecule has 0 saturated heterocycles. The molecular formula is C17H13ClF2N2O. The molecule has 0 unspecified atom stereocenters. The minimum absolute atomic E-state index is 0.149. The summed E-state index contributed by atoms with van der Waals surface area (Å²) in [6.07, 6.45) is 0. The second-order valence-electron chi connectivity index (χ2n) is 5.25. The fourth-order valence-electron chi connectivity index (χ4n) is 2.42. The van der Waals surface area contributed by atoms with Gasteiger partial charge in [-0.05, 0) is 42.8 Å². The van der Waals surface area contributed by atoms with Gasteiger partial charge in [-0.25, -0.2) is 8.78 Å². The van der Waals surface area contributed by atoms with Crippen molar-refractivity contribution in [2.75, 3.05) is 0 Å². The van der Waals surface area contributed by atoms with Crippen molar-refractivity contribution in [3.63, 3.8) is 0 Å². The maximum Gasteiger partial charge on any atom is 0.269 e. The molecule has 3 nitrogen and oxygen atoms in total. The fourth-order valence-corrected chi connectivity index (χ4v) is 2.71. The topological polar surface area (TPSA) is 44.9 Å². The number of halogens is 3. The normalized spacial score (nSPS) is 12.3. The zero-order valence-corrected chi connectivity index (χ0v) is 12.9. The van der Waals surface area contributed by atoms with E-state index in [4.69, 9.17) is 11.6 Å². The molecule has 1 aromatic heterocycles. The third kappa shape index (κ3) is 3.05. The van der Waals surface area contributed by atoms with Crippen LogP contribution >= 0.6 is 11.6 Å². The number of hydrogen-bond donors (Lipinski definition) is 2. The Balaban J connectivity index is 1.87. The molecule has 0 fully saturated rings. The zero-order chi connectivity index (χ0) is 16.6. The van der Waals surface area contributed by atoms with Crippen molar-refractivity contribution in [3.05, 3.63) is 70.4 Å². The van der Waals surface area contributed by atoms with E-state index in [1.54, 1.807) is 19.1 Å². The Morgan fingerprint density at radius 3 is 2.65 bits per heavy atom. The first-order valence-electron chi connectivity index (χ1n) is 6.99. The molecule has 2 aromatic carbocycles. The van der Waals surface area contributed by atoms with Crippen LogP contribution in [0, 0.1) is 11.6 Å². The van der Waals surface area contributed by atoms with Crippen molar-refractivity contribution < 1.29 is 13.6 Å². The quantitative estimate of drug-likeness (QED) is 0.723. The molecular weight excluding hydrogens is 322 g/mol. The Morgan fingerprint density at radius 2 is 1.91 bits per heavy atom. The first kappa shape index (κ1) is 15.5. The molecule has 0 aliphatic heterocycles. The van der Waals surface area contributed by atoms with E-state index in [2.05, 4.69) is 10.3 Å². The summed E-state index contributed by atoms with van der Waals surface area (Å²) in [4.78, 5) is 15.2.